The molecule has 1 aliphatic heterocycles. The molecule has 194 valence electrons. The van der Waals surface area contributed by atoms with Crippen LogP contribution < -0.4 is 0 Å². The van der Waals surface area contributed by atoms with Crippen LogP contribution in [0.15, 0.2) is 96.1 Å². The first-order valence-electron chi connectivity index (χ1n) is 13.5. The lowest BCUT2D eigenvalue weighted by molar-refractivity contribution is 0.236. The molecule has 0 spiro atoms. The predicted octanol–water partition coefficient (Wildman–Crippen LogP) is 8.44. The van der Waals surface area contributed by atoms with Gasteiger partial charge < -0.3 is 4.74 Å². The smallest absolute Gasteiger partial charge is 0.217 e. The molecule has 39 heavy (non-hydrogen) atoms. The summed E-state index contributed by atoms with van der Waals surface area (Å²) < 4.78 is 6.12. The van der Waals surface area contributed by atoms with Gasteiger partial charge in [-0.2, -0.15) is 0 Å². The highest BCUT2D eigenvalue weighted by Crippen LogP contribution is 2.36. The van der Waals surface area contributed by atoms with Crippen LogP contribution in [-0.2, 0) is 4.74 Å². The van der Waals surface area contributed by atoms with Gasteiger partial charge in [0.2, 0.25) is 5.90 Å². The van der Waals surface area contributed by atoms with Crippen molar-refractivity contribution in [2.45, 2.75) is 40.7 Å². The summed E-state index contributed by atoms with van der Waals surface area (Å²) in [6, 6.07) is 29.8. The molecule has 0 saturated carbocycles. The number of benzene rings is 4. The van der Waals surface area contributed by atoms with Crippen molar-refractivity contribution in [3.05, 3.63) is 108 Å². The number of aryl methyl sites for hydroxylation is 2. The molecule has 0 aliphatic carbocycles. The van der Waals surface area contributed by atoms with Crippen molar-refractivity contribution in [1.82, 2.24) is 9.97 Å². The monoisotopic (exact) mass is 511 g/mol. The molecule has 0 amide bonds. The number of ether oxygens (including phenoxy) is 1. The Morgan fingerprint density at radius 3 is 1.79 bits per heavy atom. The van der Waals surface area contributed by atoms with E-state index in [-0.39, 0.29) is 11.5 Å². The number of hydrogen-bond acceptors (Lipinski definition) is 4. The second kappa shape index (κ2) is 9.77. The molecule has 0 fully saturated rings. The van der Waals surface area contributed by atoms with Gasteiger partial charge in [0.25, 0.3) is 0 Å². The highest BCUT2D eigenvalue weighted by molar-refractivity contribution is 6.03. The van der Waals surface area contributed by atoms with Gasteiger partial charge in [-0.1, -0.05) is 111 Å². The van der Waals surface area contributed by atoms with Crippen LogP contribution in [-0.4, -0.2) is 28.5 Å². The fourth-order valence-electron chi connectivity index (χ4n) is 5.02. The van der Waals surface area contributed by atoms with Crippen LogP contribution in [0.25, 0.3) is 44.5 Å². The molecule has 4 aromatic carbocycles. The van der Waals surface area contributed by atoms with Crippen molar-refractivity contribution < 1.29 is 4.74 Å². The Balaban J connectivity index is 1.54. The van der Waals surface area contributed by atoms with Crippen molar-refractivity contribution in [2.75, 3.05) is 6.61 Å². The number of rotatable bonds is 4. The third-order valence-corrected chi connectivity index (χ3v) is 7.51. The number of fused-ring (bicyclic) bond motifs is 1. The highest BCUT2D eigenvalue weighted by Gasteiger charge is 2.31. The average Bonchev–Trinajstić information content (AvgIpc) is 3.45. The van der Waals surface area contributed by atoms with Gasteiger partial charge in [0.15, 0.2) is 0 Å². The van der Waals surface area contributed by atoms with Gasteiger partial charge in [-0.15, -0.1) is 0 Å². The maximum absolute atomic E-state index is 6.12. The normalized spacial score (nSPS) is 15.3. The van der Waals surface area contributed by atoms with Crippen LogP contribution in [0.4, 0.5) is 0 Å². The van der Waals surface area contributed by atoms with Crippen LogP contribution in [0.1, 0.15) is 37.5 Å². The molecule has 0 N–H and O–H groups in total. The molecule has 0 bridgehead atoms. The van der Waals surface area contributed by atoms with Crippen LogP contribution >= 0.6 is 0 Å². The molecular weight excluding hydrogens is 478 g/mol. The van der Waals surface area contributed by atoms with E-state index in [1.807, 2.05) is 18.3 Å². The Labute approximate surface area is 230 Å². The summed E-state index contributed by atoms with van der Waals surface area (Å²) in [4.78, 5) is 15.3. The fraction of sp³-hybridized carbons (Fsp3) is 0.229. The van der Waals surface area contributed by atoms with Crippen LogP contribution in [0, 0.1) is 19.3 Å². The summed E-state index contributed by atoms with van der Waals surface area (Å²) in [5.41, 5.74) is 11.4. The molecular formula is C35H33N3O. The Hall–Kier alpha value is -4.31. The first kappa shape index (κ1) is 25.0. The van der Waals surface area contributed by atoms with Gasteiger partial charge in [0, 0.05) is 22.3 Å². The van der Waals surface area contributed by atoms with Gasteiger partial charge in [-0.25, -0.2) is 9.98 Å². The summed E-state index contributed by atoms with van der Waals surface area (Å²) >= 11 is 0. The second-order valence-electron chi connectivity index (χ2n) is 11.5. The molecule has 4 nitrogen and oxygen atoms in total. The minimum atomic E-state index is 0.0365. The highest BCUT2D eigenvalue weighted by atomic mass is 16.5. The predicted molar refractivity (Wildman–Crippen MR) is 161 cm³/mol. The van der Waals surface area contributed by atoms with E-state index in [0.29, 0.717) is 12.5 Å². The molecule has 0 unspecified atom stereocenters. The molecule has 2 heterocycles. The number of nitrogens with zero attached hydrogens (tertiary/aromatic N) is 3. The summed E-state index contributed by atoms with van der Waals surface area (Å²) in [6.45, 7) is 11.4. The van der Waals surface area contributed by atoms with Gasteiger partial charge in [0.05, 0.1) is 29.0 Å². The molecule has 1 aliphatic rings. The van der Waals surface area contributed by atoms with Crippen molar-refractivity contribution in [3.63, 3.8) is 0 Å². The molecule has 0 saturated heterocycles. The van der Waals surface area contributed by atoms with Crippen molar-refractivity contribution in [2.24, 2.45) is 10.4 Å². The van der Waals surface area contributed by atoms with Crippen molar-refractivity contribution in [1.29, 1.82) is 0 Å². The molecule has 0 radical (unpaired) electrons. The van der Waals surface area contributed by atoms with E-state index in [1.165, 1.54) is 11.1 Å². The van der Waals surface area contributed by atoms with Crippen molar-refractivity contribution >= 4 is 16.9 Å². The minimum absolute atomic E-state index is 0.0365. The van der Waals surface area contributed by atoms with E-state index >= 15 is 0 Å². The zero-order chi connectivity index (χ0) is 27.1. The maximum atomic E-state index is 6.12. The van der Waals surface area contributed by atoms with E-state index in [0.717, 1.165) is 50.1 Å². The summed E-state index contributed by atoms with van der Waals surface area (Å²) in [5, 5.41) is 0. The summed E-state index contributed by atoms with van der Waals surface area (Å²) in [7, 11) is 0. The number of aromatic nitrogens is 2. The zero-order valence-corrected chi connectivity index (χ0v) is 23.2. The van der Waals surface area contributed by atoms with Crippen LogP contribution in [0.5, 0.6) is 0 Å². The average molecular weight is 512 g/mol. The Bertz CT molecular complexity index is 1690. The lowest BCUT2D eigenvalue weighted by Gasteiger charge is -2.21. The Morgan fingerprint density at radius 2 is 1.23 bits per heavy atom. The molecule has 4 heteroatoms. The standard InChI is InChI=1S/C35H33N3O/c1-22-10-14-24(15-11-22)26-18-19-27(25-16-12-23(2)13-17-25)33-32(26)36-20-30(37-33)28-8-6-7-9-29(28)34-38-31(21-39-34)35(3,4)5/h6-20,31H,21H2,1-5H3/t31-/m1/s1. The minimum Gasteiger partial charge on any atom is -0.475 e. The van der Waals surface area contributed by atoms with E-state index in [2.05, 4.69) is 107 Å². The number of aliphatic imine (C=N–C) groups is 1. The first-order chi connectivity index (χ1) is 18.8. The first-order valence-corrected chi connectivity index (χ1v) is 13.5. The SMILES string of the molecule is Cc1ccc(-c2ccc(-c3ccc(C)cc3)c3nc(-c4ccccc4C4=N[C@@H](C(C)(C)C)CO4)cnc23)cc1. The Kier molecular flexibility index (Phi) is 6.26. The van der Waals surface area contributed by atoms with E-state index in [4.69, 9.17) is 19.7 Å². The largest absolute Gasteiger partial charge is 0.475 e. The van der Waals surface area contributed by atoms with E-state index in [1.54, 1.807) is 0 Å². The lowest BCUT2D eigenvalue weighted by Crippen LogP contribution is -2.25. The molecule has 1 aromatic heterocycles. The lowest BCUT2D eigenvalue weighted by atomic mass is 9.88. The van der Waals surface area contributed by atoms with E-state index in [9.17, 15) is 0 Å². The van der Waals surface area contributed by atoms with Crippen molar-refractivity contribution in [3.8, 4) is 33.5 Å². The van der Waals surface area contributed by atoms with Gasteiger partial charge in [-0.05, 0) is 36.5 Å². The van der Waals surface area contributed by atoms with E-state index < -0.39 is 0 Å². The molecule has 1 atom stereocenters. The molecule has 5 aromatic rings. The molecule has 6 rings (SSSR count). The number of hydrogen-bond donors (Lipinski definition) is 0. The zero-order valence-electron chi connectivity index (χ0n) is 23.2. The van der Waals surface area contributed by atoms with Gasteiger partial charge >= 0.3 is 0 Å². The second-order valence-corrected chi connectivity index (χ2v) is 11.5. The topological polar surface area (TPSA) is 47.4 Å². The third kappa shape index (κ3) is 4.83. The van der Waals surface area contributed by atoms with Crippen LogP contribution in [0.3, 0.4) is 0 Å². The third-order valence-electron chi connectivity index (χ3n) is 7.51. The summed E-state index contributed by atoms with van der Waals surface area (Å²) in [5.74, 6) is 0.680. The Morgan fingerprint density at radius 1 is 0.667 bits per heavy atom. The van der Waals surface area contributed by atoms with Gasteiger partial charge in [-0.3, -0.25) is 4.98 Å². The fourth-order valence-corrected chi connectivity index (χ4v) is 5.02. The van der Waals surface area contributed by atoms with Crippen LogP contribution in [0.2, 0.25) is 0 Å². The van der Waals surface area contributed by atoms with Gasteiger partial charge in [0.1, 0.15) is 6.61 Å². The quantitative estimate of drug-likeness (QED) is 0.243. The maximum Gasteiger partial charge on any atom is 0.217 e. The summed E-state index contributed by atoms with van der Waals surface area (Å²) in [6.07, 6.45) is 1.88.